The first kappa shape index (κ1) is 13.5. The number of carbonyl (C=O) groups excluding carboxylic acids is 2. The quantitative estimate of drug-likeness (QED) is 0.779. The Hall–Kier alpha value is -1.90. The number of hydrogen-bond acceptors (Lipinski definition) is 2. The molecule has 100 valence electrons. The maximum atomic E-state index is 12.5. The molecule has 1 aliphatic rings. The van der Waals surface area contributed by atoms with Crippen molar-refractivity contribution in [1.29, 1.82) is 0 Å². The normalized spacial score (nSPS) is 14.9. The Balaban J connectivity index is 2.57. The van der Waals surface area contributed by atoms with Gasteiger partial charge in [0.15, 0.2) is 0 Å². The van der Waals surface area contributed by atoms with Crippen molar-refractivity contribution >= 4 is 17.9 Å². The SMILES string of the molecule is C/C=C/c1ccc(C)c2c1C(=O)N(CC(C)C)C2=O. The Morgan fingerprint density at radius 2 is 1.79 bits per heavy atom. The van der Waals surface area contributed by atoms with Gasteiger partial charge in [-0.1, -0.05) is 38.1 Å². The van der Waals surface area contributed by atoms with Crippen LogP contribution in [0.1, 0.15) is 52.6 Å². The summed E-state index contributed by atoms with van der Waals surface area (Å²) < 4.78 is 0. The molecule has 3 nitrogen and oxygen atoms in total. The number of aryl methyl sites for hydroxylation is 1. The summed E-state index contributed by atoms with van der Waals surface area (Å²) in [4.78, 5) is 26.2. The van der Waals surface area contributed by atoms with Crippen LogP contribution in [-0.2, 0) is 0 Å². The molecule has 0 unspecified atom stereocenters. The second-order valence-electron chi connectivity index (χ2n) is 5.34. The van der Waals surface area contributed by atoms with Crippen LogP contribution in [0.25, 0.3) is 6.08 Å². The Labute approximate surface area is 113 Å². The van der Waals surface area contributed by atoms with Crippen LogP contribution in [0.15, 0.2) is 18.2 Å². The van der Waals surface area contributed by atoms with Crippen LogP contribution in [0.2, 0.25) is 0 Å². The number of fused-ring (bicyclic) bond motifs is 1. The number of hydrogen-bond donors (Lipinski definition) is 0. The highest BCUT2D eigenvalue weighted by molar-refractivity contribution is 6.23. The summed E-state index contributed by atoms with van der Waals surface area (Å²) in [6, 6.07) is 3.80. The zero-order valence-electron chi connectivity index (χ0n) is 11.9. The lowest BCUT2D eigenvalue weighted by Crippen LogP contribution is -2.33. The van der Waals surface area contributed by atoms with Gasteiger partial charge in [0, 0.05) is 6.54 Å². The number of benzene rings is 1. The highest BCUT2D eigenvalue weighted by Gasteiger charge is 2.38. The Morgan fingerprint density at radius 3 is 2.37 bits per heavy atom. The molecule has 0 fully saturated rings. The minimum absolute atomic E-state index is 0.155. The van der Waals surface area contributed by atoms with Gasteiger partial charge in [0.25, 0.3) is 11.8 Å². The van der Waals surface area contributed by atoms with E-state index >= 15 is 0 Å². The molecule has 0 N–H and O–H groups in total. The summed E-state index contributed by atoms with van der Waals surface area (Å²) in [5, 5.41) is 0. The molecule has 1 aromatic carbocycles. The van der Waals surface area contributed by atoms with Gasteiger partial charge in [-0.15, -0.1) is 0 Å². The molecule has 1 aromatic rings. The summed E-state index contributed by atoms with van der Waals surface area (Å²) in [7, 11) is 0. The highest BCUT2D eigenvalue weighted by atomic mass is 16.2. The predicted molar refractivity (Wildman–Crippen MR) is 76.1 cm³/mol. The Kier molecular flexibility index (Phi) is 3.56. The molecular weight excluding hydrogens is 238 g/mol. The van der Waals surface area contributed by atoms with Gasteiger partial charge in [-0.05, 0) is 30.9 Å². The second kappa shape index (κ2) is 5.00. The minimum atomic E-state index is -0.162. The van der Waals surface area contributed by atoms with Gasteiger partial charge in [0.05, 0.1) is 11.1 Å². The van der Waals surface area contributed by atoms with Gasteiger partial charge >= 0.3 is 0 Å². The van der Waals surface area contributed by atoms with Crippen LogP contribution >= 0.6 is 0 Å². The topological polar surface area (TPSA) is 37.4 Å². The van der Waals surface area contributed by atoms with Crippen molar-refractivity contribution in [3.8, 4) is 0 Å². The van der Waals surface area contributed by atoms with Crippen molar-refractivity contribution in [2.24, 2.45) is 5.92 Å². The first-order valence-electron chi connectivity index (χ1n) is 6.59. The van der Waals surface area contributed by atoms with E-state index in [2.05, 4.69) is 0 Å². The lowest BCUT2D eigenvalue weighted by Gasteiger charge is -2.16. The van der Waals surface area contributed by atoms with Crippen molar-refractivity contribution in [1.82, 2.24) is 4.90 Å². The highest BCUT2D eigenvalue weighted by Crippen LogP contribution is 2.30. The molecule has 3 heteroatoms. The van der Waals surface area contributed by atoms with Gasteiger partial charge in [-0.3, -0.25) is 14.5 Å². The van der Waals surface area contributed by atoms with E-state index in [0.717, 1.165) is 11.1 Å². The summed E-state index contributed by atoms with van der Waals surface area (Å²) >= 11 is 0. The molecule has 1 aliphatic heterocycles. The zero-order valence-corrected chi connectivity index (χ0v) is 11.9. The van der Waals surface area contributed by atoms with Gasteiger partial charge < -0.3 is 0 Å². The average Bonchev–Trinajstić information content (AvgIpc) is 2.58. The van der Waals surface area contributed by atoms with Crippen LogP contribution in [0.4, 0.5) is 0 Å². The van der Waals surface area contributed by atoms with E-state index in [-0.39, 0.29) is 17.7 Å². The summed E-state index contributed by atoms with van der Waals surface area (Å²) in [5.74, 6) is -0.0456. The molecule has 0 atom stereocenters. The maximum Gasteiger partial charge on any atom is 0.262 e. The van der Waals surface area contributed by atoms with Gasteiger partial charge in [0.1, 0.15) is 0 Å². The van der Waals surface area contributed by atoms with E-state index in [9.17, 15) is 9.59 Å². The molecule has 2 amide bonds. The summed E-state index contributed by atoms with van der Waals surface area (Å²) in [5.41, 5.74) is 2.82. The summed E-state index contributed by atoms with van der Waals surface area (Å²) in [6.45, 7) is 8.26. The van der Waals surface area contributed by atoms with Crippen molar-refractivity contribution in [3.05, 3.63) is 40.5 Å². The third-order valence-electron chi connectivity index (χ3n) is 3.26. The van der Waals surface area contributed by atoms with Gasteiger partial charge in [0.2, 0.25) is 0 Å². The fourth-order valence-electron chi connectivity index (χ4n) is 2.44. The third kappa shape index (κ3) is 2.21. The van der Waals surface area contributed by atoms with E-state index in [1.165, 1.54) is 4.90 Å². The van der Waals surface area contributed by atoms with Crippen molar-refractivity contribution in [2.45, 2.75) is 27.7 Å². The first-order valence-corrected chi connectivity index (χ1v) is 6.59. The number of allylic oxidation sites excluding steroid dienone is 1. The molecule has 0 radical (unpaired) electrons. The zero-order chi connectivity index (χ0) is 14.2. The number of imide groups is 1. The first-order chi connectivity index (χ1) is 8.97. The monoisotopic (exact) mass is 257 g/mol. The number of rotatable bonds is 3. The van der Waals surface area contributed by atoms with E-state index < -0.39 is 0 Å². The molecule has 0 aliphatic carbocycles. The van der Waals surface area contributed by atoms with Gasteiger partial charge in [-0.2, -0.15) is 0 Å². The Bertz CT molecular complexity index is 570. The standard InChI is InChI=1S/C16H19NO2/c1-5-6-12-8-7-11(4)13-14(12)16(19)17(15(13)18)9-10(2)3/h5-8,10H,9H2,1-4H3/b6-5+. The summed E-state index contributed by atoms with van der Waals surface area (Å²) in [6.07, 6.45) is 3.76. The third-order valence-corrected chi connectivity index (χ3v) is 3.26. The molecule has 1 heterocycles. The largest absolute Gasteiger partial charge is 0.274 e. The van der Waals surface area contributed by atoms with Crippen LogP contribution in [0, 0.1) is 12.8 Å². The molecular formula is C16H19NO2. The smallest absolute Gasteiger partial charge is 0.262 e. The lowest BCUT2D eigenvalue weighted by molar-refractivity contribution is 0.0636. The minimum Gasteiger partial charge on any atom is -0.274 e. The van der Waals surface area contributed by atoms with Crippen molar-refractivity contribution in [2.75, 3.05) is 6.54 Å². The molecule has 0 saturated heterocycles. The molecule has 0 spiro atoms. The van der Waals surface area contributed by atoms with Crippen LogP contribution < -0.4 is 0 Å². The lowest BCUT2D eigenvalue weighted by atomic mass is 9.98. The van der Waals surface area contributed by atoms with Crippen LogP contribution in [0.5, 0.6) is 0 Å². The predicted octanol–water partition coefficient (Wildman–Crippen LogP) is 3.28. The fraction of sp³-hybridized carbons (Fsp3) is 0.375. The molecule has 19 heavy (non-hydrogen) atoms. The van der Waals surface area contributed by atoms with E-state index in [4.69, 9.17) is 0 Å². The van der Waals surface area contributed by atoms with Crippen molar-refractivity contribution < 1.29 is 9.59 Å². The fourth-order valence-corrected chi connectivity index (χ4v) is 2.44. The molecule has 2 rings (SSSR count). The van der Waals surface area contributed by atoms with E-state index in [1.807, 2.05) is 52.0 Å². The Morgan fingerprint density at radius 1 is 1.16 bits per heavy atom. The molecule has 0 saturated carbocycles. The van der Waals surface area contributed by atoms with Crippen LogP contribution in [0.3, 0.4) is 0 Å². The molecule has 0 aromatic heterocycles. The second-order valence-corrected chi connectivity index (χ2v) is 5.34. The van der Waals surface area contributed by atoms with E-state index in [0.29, 0.717) is 17.7 Å². The van der Waals surface area contributed by atoms with Crippen molar-refractivity contribution in [3.63, 3.8) is 0 Å². The molecule has 0 bridgehead atoms. The van der Waals surface area contributed by atoms with E-state index in [1.54, 1.807) is 0 Å². The number of amides is 2. The van der Waals surface area contributed by atoms with Crippen LogP contribution in [-0.4, -0.2) is 23.3 Å². The van der Waals surface area contributed by atoms with Gasteiger partial charge in [-0.25, -0.2) is 0 Å². The maximum absolute atomic E-state index is 12.5. The average molecular weight is 257 g/mol. The number of carbonyl (C=O) groups is 2. The number of nitrogens with zero attached hydrogens (tertiary/aromatic N) is 1.